The molecule has 1 unspecified atom stereocenters. The van der Waals surface area contributed by atoms with Crippen LogP contribution in [-0.4, -0.2) is 27.4 Å². The minimum atomic E-state index is -0.338. The van der Waals surface area contributed by atoms with Crippen LogP contribution in [0.3, 0.4) is 0 Å². The van der Waals surface area contributed by atoms with Gasteiger partial charge in [-0.1, -0.05) is 37.3 Å². The van der Waals surface area contributed by atoms with Gasteiger partial charge in [0, 0.05) is 5.69 Å². The molecule has 2 N–H and O–H groups in total. The molecule has 1 aromatic heterocycles. The monoisotopic (exact) mass is 341 g/mol. The molecule has 1 atom stereocenters. The highest BCUT2D eigenvalue weighted by molar-refractivity contribution is 5.95. The largest absolute Gasteiger partial charge is 0.324 e. The van der Waals surface area contributed by atoms with Gasteiger partial charge in [-0.25, -0.2) is 4.68 Å². The van der Waals surface area contributed by atoms with Crippen LogP contribution in [0.25, 0.3) is 0 Å². The molecule has 3 rings (SSSR count). The number of fused-ring (bicyclic) bond motifs is 1. The Morgan fingerprint density at radius 1 is 1.36 bits per heavy atom. The number of para-hydroxylation sites is 1. The van der Waals surface area contributed by atoms with Gasteiger partial charge in [0.05, 0.1) is 11.7 Å². The lowest BCUT2D eigenvalue weighted by atomic mass is 10.0. The molecular formula is C19H27N5O. The van der Waals surface area contributed by atoms with Crippen LogP contribution >= 0.6 is 0 Å². The third-order valence-corrected chi connectivity index (χ3v) is 4.69. The van der Waals surface area contributed by atoms with Crippen molar-refractivity contribution in [1.29, 1.82) is 0 Å². The topological polar surface area (TPSA) is 71.8 Å². The maximum atomic E-state index is 12.6. The smallest absolute Gasteiger partial charge is 0.249 e. The summed E-state index contributed by atoms with van der Waals surface area (Å²) in [6.07, 6.45) is 3.45. The van der Waals surface area contributed by atoms with Crippen molar-refractivity contribution < 1.29 is 4.79 Å². The molecule has 0 spiro atoms. The second kappa shape index (κ2) is 6.96. The van der Waals surface area contributed by atoms with E-state index in [1.165, 1.54) is 0 Å². The number of carbonyl (C=O) groups is 1. The number of hydrogen-bond acceptors (Lipinski definition) is 4. The third kappa shape index (κ3) is 3.90. The predicted molar refractivity (Wildman–Crippen MR) is 98.3 cm³/mol. The second-order valence-electron chi connectivity index (χ2n) is 7.68. The Balaban J connectivity index is 1.77. The van der Waals surface area contributed by atoms with Gasteiger partial charge in [0.1, 0.15) is 11.7 Å². The fraction of sp³-hybridized carbons (Fsp3) is 0.526. The Morgan fingerprint density at radius 3 is 2.88 bits per heavy atom. The number of nitrogens with one attached hydrogen (secondary N) is 2. The number of benzene rings is 1. The summed E-state index contributed by atoms with van der Waals surface area (Å²) in [6, 6.07) is 7.61. The van der Waals surface area contributed by atoms with Crippen LogP contribution in [0.1, 0.15) is 51.4 Å². The van der Waals surface area contributed by atoms with E-state index < -0.39 is 0 Å². The minimum absolute atomic E-state index is 0.0330. The molecule has 0 saturated carbocycles. The summed E-state index contributed by atoms with van der Waals surface area (Å²) in [5.74, 6) is 0.523. The summed E-state index contributed by atoms with van der Waals surface area (Å²) >= 11 is 0. The lowest BCUT2D eigenvalue weighted by Crippen LogP contribution is -2.39. The molecule has 1 amide bonds. The molecule has 6 heteroatoms. The van der Waals surface area contributed by atoms with E-state index in [1.54, 1.807) is 4.68 Å². The van der Waals surface area contributed by atoms with Crippen molar-refractivity contribution in [1.82, 2.24) is 20.3 Å². The lowest BCUT2D eigenvalue weighted by Gasteiger charge is -2.25. The molecule has 6 nitrogen and oxygen atoms in total. The van der Waals surface area contributed by atoms with E-state index in [2.05, 4.69) is 54.7 Å². The maximum Gasteiger partial charge on any atom is 0.249 e. The molecule has 0 saturated heterocycles. The average molecular weight is 341 g/mol. The number of anilines is 1. The number of hydrogen-bond donors (Lipinski definition) is 2. The van der Waals surface area contributed by atoms with Crippen molar-refractivity contribution in [3.05, 3.63) is 41.7 Å². The van der Waals surface area contributed by atoms with Crippen molar-refractivity contribution in [2.75, 3.05) is 11.9 Å². The molecule has 1 aromatic carbocycles. The quantitative estimate of drug-likeness (QED) is 0.877. The predicted octanol–water partition coefficient (Wildman–Crippen LogP) is 2.88. The minimum Gasteiger partial charge on any atom is -0.324 e. The number of rotatable bonds is 5. The third-order valence-electron chi connectivity index (χ3n) is 4.69. The van der Waals surface area contributed by atoms with Crippen molar-refractivity contribution in [2.24, 2.45) is 5.92 Å². The summed E-state index contributed by atoms with van der Waals surface area (Å²) in [5, 5.41) is 15.1. The summed E-state index contributed by atoms with van der Waals surface area (Å²) in [7, 11) is 0. The number of nitrogens with zero attached hydrogens (tertiary/aromatic N) is 3. The first-order valence-electron chi connectivity index (χ1n) is 8.93. The van der Waals surface area contributed by atoms with Gasteiger partial charge in [-0.15, -0.1) is 5.10 Å². The standard InChI is InChI=1S/C19H27N5O/c1-13(2)11-20-19(3,4)17-12-24(23-22-17)16-10-9-14-7-5-6-8-15(14)21-18(16)25/h5-8,12-13,16,20H,9-11H2,1-4H3,(H,21,25). The van der Waals surface area contributed by atoms with Crippen LogP contribution in [-0.2, 0) is 16.8 Å². The number of aromatic nitrogens is 3. The number of amides is 1. The molecule has 0 fully saturated rings. The van der Waals surface area contributed by atoms with Crippen LogP contribution in [0.15, 0.2) is 30.5 Å². The van der Waals surface area contributed by atoms with E-state index in [-0.39, 0.29) is 17.5 Å². The molecule has 25 heavy (non-hydrogen) atoms. The van der Waals surface area contributed by atoms with Crippen molar-refractivity contribution in [2.45, 2.75) is 52.1 Å². The van der Waals surface area contributed by atoms with Gasteiger partial charge in [0.15, 0.2) is 0 Å². The first-order chi connectivity index (χ1) is 11.9. The van der Waals surface area contributed by atoms with Gasteiger partial charge >= 0.3 is 0 Å². The maximum absolute atomic E-state index is 12.6. The molecule has 0 radical (unpaired) electrons. The van der Waals surface area contributed by atoms with Crippen LogP contribution in [0.4, 0.5) is 5.69 Å². The summed E-state index contributed by atoms with van der Waals surface area (Å²) < 4.78 is 1.70. The normalized spacial score (nSPS) is 18.0. The zero-order valence-corrected chi connectivity index (χ0v) is 15.4. The molecule has 134 valence electrons. The van der Waals surface area contributed by atoms with Crippen molar-refractivity contribution >= 4 is 11.6 Å². The first-order valence-corrected chi connectivity index (χ1v) is 8.93. The molecule has 2 aromatic rings. The Kier molecular flexibility index (Phi) is 4.90. The lowest BCUT2D eigenvalue weighted by molar-refractivity contribution is -0.119. The highest BCUT2D eigenvalue weighted by Crippen LogP contribution is 2.27. The number of carbonyl (C=O) groups excluding carboxylic acids is 1. The van der Waals surface area contributed by atoms with E-state index in [0.29, 0.717) is 12.3 Å². The Labute approximate surface area is 149 Å². The van der Waals surface area contributed by atoms with E-state index in [0.717, 1.165) is 29.9 Å². The summed E-state index contributed by atoms with van der Waals surface area (Å²) in [4.78, 5) is 12.6. The zero-order chi connectivity index (χ0) is 18.0. The van der Waals surface area contributed by atoms with Gasteiger partial charge in [0.2, 0.25) is 5.91 Å². The first kappa shape index (κ1) is 17.6. The fourth-order valence-electron chi connectivity index (χ4n) is 3.02. The van der Waals surface area contributed by atoms with E-state index in [1.807, 2.05) is 24.4 Å². The molecule has 1 aliphatic heterocycles. The molecule has 2 heterocycles. The summed E-state index contributed by atoms with van der Waals surface area (Å²) in [5.41, 5.74) is 2.63. The van der Waals surface area contributed by atoms with Gasteiger partial charge in [-0.3, -0.25) is 4.79 Å². The average Bonchev–Trinajstić information content (AvgIpc) is 2.99. The van der Waals surface area contributed by atoms with E-state index >= 15 is 0 Å². The number of aryl methyl sites for hydroxylation is 1. The fourth-order valence-corrected chi connectivity index (χ4v) is 3.02. The van der Waals surface area contributed by atoms with Crippen molar-refractivity contribution in [3.8, 4) is 0 Å². The molecule has 0 bridgehead atoms. The van der Waals surface area contributed by atoms with Gasteiger partial charge in [0.25, 0.3) is 0 Å². The molecule has 1 aliphatic rings. The van der Waals surface area contributed by atoms with Gasteiger partial charge in [-0.05, 0) is 50.8 Å². The van der Waals surface area contributed by atoms with E-state index in [9.17, 15) is 4.79 Å². The van der Waals surface area contributed by atoms with Crippen molar-refractivity contribution in [3.63, 3.8) is 0 Å². The highest BCUT2D eigenvalue weighted by atomic mass is 16.2. The van der Waals surface area contributed by atoms with Crippen LogP contribution in [0.5, 0.6) is 0 Å². The Bertz CT molecular complexity index is 750. The highest BCUT2D eigenvalue weighted by Gasteiger charge is 2.29. The van der Waals surface area contributed by atoms with E-state index in [4.69, 9.17) is 0 Å². The van der Waals surface area contributed by atoms with Crippen LogP contribution in [0.2, 0.25) is 0 Å². The Morgan fingerprint density at radius 2 is 2.12 bits per heavy atom. The molecular weight excluding hydrogens is 314 g/mol. The van der Waals surface area contributed by atoms with Crippen LogP contribution < -0.4 is 10.6 Å². The SMILES string of the molecule is CC(C)CNC(C)(C)c1cn(C2CCc3ccccc3NC2=O)nn1. The molecule has 0 aliphatic carbocycles. The van der Waals surface area contributed by atoms with Gasteiger partial charge < -0.3 is 10.6 Å². The van der Waals surface area contributed by atoms with Crippen LogP contribution in [0, 0.1) is 5.92 Å². The van der Waals surface area contributed by atoms with Gasteiger partial charge in [-0.2, -0.15) is 0 Å². The zero-order valence-electron chi connectivity index (χ0n) is 15.4. The summed E-state index contributed by atoms with van der Waals surface area (Å²) in [6.45, 7) is 9.43. The second-order valence-corrected chi connectivity index (χ2v) is 7.68. The Hall–Kier alpha value is -2.21.